The Bertz CT molecular complexity index is 697. The zero-order valence-corrected chi connectivity index (χ0v) is 14.2. The monoisotopic (exact) mass is 341 g/mol. The van der Waals surface area contributed by atoms with Crippen LogP contribution in [0.4, 0.5) is 11.4 Å². The third-order valence-corrected chi connectivity index (χ3v) is 3.46. The van der Waals surface area contributed by atoms with Gasteiger partial charge in [0.05, 0.1) is 6.61 Å². The third-order valence-electron chi connectivity index (χ3n) is 3.46. The number of carbonyl (C=O) groups is 2. The molecule has 0 aliphatic rings. The molecular formula is C19H23N3O3. The Balaban J connectivity index is 1.92. The lowest BCUT2D eigenvalue weighted by molar-refractivity contribution is -0.116. The standard InChI is InChI=1S/C19H23N3O3/c1-2-25-17-11-9-16(10-12-17)22-19(24)14-5-7-15(8-6-14)21-18(23)4-3-13-20/h5-12H,2-4,13,20H2,1H3,(H,21,23)(H,22,24). The van der Waals surface area contributed by atoms with Crippen LogP contribution in [0.2, 0.25) is 0 Å². The molecule has 0 radical (unpaired) electrons. The highest BCUT2D eigenvalue weighted by Crippen LogP contribution is 2.17. The fourth-order valence-electron chi connectivity index (χ4n) is 2.20. The lowest BCUT2D eigenvalue weighted by atomic mass is 10.2. The van der Waals surface area contributed by atoms with E-state index in [2.05, 4.69) is 10.6 Å². The summed E-state index contributed by atoms with van der Waals surface area (Å²) in [6, 6.07) is 13.9. The van der Waals surface area contributed by atoms with Gasteiger partial charge in [-0.1, -0.05) is 0 Å². The first-order chi connectivity index (χ1) is 12.1. The van der Waals surface area contributed by atoms with Crippen LogP contribution in [0, 0.1) is 0 Å². The molecule has 6 heteroatoms. The molecule has 2 rings (SSSR count). The third kappa shape index (κ3) is 5.93. The Morgan fingerprint density at radius 3 is 2.16 bits per heavy atom. The first-order valence-electron chi connectivity index (χ1n) is 8.26. The van der Waals surface area contributed by atoms with Gasteiger partial charge in [0.25, 0.3) is 5.91 Å². The number of hydrogen-bond acceptors (Lipinski definition) is 4. The van der Waals surface area contributed by atoms with E-state index in [1.807, 2.05) is 6.92 Å². The molecule has 0 aromatic heterocycles. The lowest BCUT2D eigenvalue weighted by Gasteiger charge is -2.08. The highest BCUT2D eigenvalue weighted by molar-refractivity contribution is 6.04. The maximum atomic E-state index is 12.3. The van der Waals surface area contributed by atoms with E-state index in [1.165, 1.54) is 0 Å². The van der Waals surface area contributed by atoms with Gasteiger partial charge in [-0.05, 0) is 68.4 Å². The number of nitrogens with one attached hydrogen (secondary N) is 2. The van der Waals surface area contributed by atoms with E-state index < -0.39 is 0 Å². The molecule has 0 unspecified atom stereocenters. The van der Waals surface area contributed by atoms with Gasteiger partial charge in [0.1, 0.15) is 5.75 Å². The molecule has 0 heterocycles. The number of benzene rings is 2. The zero-order valence-electron chi connectivity index (χ0n) is 14.2. The fraction of sp³-hybridized carbons (Fsp3) is 0.263. The largest absolute Gasteiger partial charge is 0.494 e. The first-order valence-corrected chi connectivity index (χ1v) is 8.26. The molecular weight excluding hydrogens is 318 g/mol. The second-order valence-electron chi connectivity index (χ2n) is 5.43. The lowest BCUT2D eigenvalue weighted by Crippen LogP contribution is -2.14. The number of hydrogen-bond donors (Lipinski definition) is 3. The molecule has 2 aromatic carbocycles. The number of anilines is 2. The summed E-state index contributed by atoms with van der Waals surface area (Å²) in [6.07, 6.45) is 1.03. The van der Waals surface area contributed by atoms with Crippen molar-refractivity contribution in [2.45, 2.75) is 19.8 Å². The van der Waals surface area contributed by atoms with Crippen LogP contribution < -0.4 is 21.1 Å². The summed E-state index contributed by atoms with van der Waals surface area (Å²) in [5.74, 6) is 0.456. The molecule has 4 N–H and O–H groups in total. The van der Waals surface area contributed by atoms with E-state index >= 15 is 0 Å². The Morgan fingerprint density at radius 1 is 0.960 bits per heavy atom. The van der Waals surface area contributed by atoms with Crippen molar-refractivity contribution in [3.05, 3.63) is 54.1 Å². The molecule has 2 amide bonds. The smallest absolute Gasteiger partial charge is 0.255 e. The van der Waals surface area contributed by atoms with Crippen LogP contribution in [0.15, 0.2) is 48.5 Å². The minimum absolute atomic E-state index is 0.0861. The Morgan fingerprint density at radius 2 is 1.56 bits per heavy atom. The fourth-order valence-corrected chi connectivity index (χ4v) is 2.20. The molecule has 0 spiro atoms. The molecule has 132 valence electrons. The van der Waals surface area contributed by atoms with E-state index in [4.69, 9.17) is 10.5 Å². The van der Waals surface area contributed by atoms with Crippen molar-refractivity contribution in [3.63, 3.8) is 0 Å². The molecule has 25 heavy (non-hydrogen) atoms. The van der Waals surface area contributed by atoms with Gasteiger partial charge in [-0.3, -0.25) is 9.59 Å². The number of ether oxygens (including phenoxy) is 1. The number of amides is 2. The Labute approximate surface area is 147 Å². The van der Waals surface area contributed by atoms with Crippen LogP contribution in [0.3, 0.4) is 0 Å². The van der Waals surface area contributed by atoms with Crippen LogP contribution in [0.5, 0.6) is 5.75 Å². The van der Waals surface area contributed by atoms with E-state index in [0.29, 0.717) is 42.9 Å². The van der Waals surface area contributed by atoms with E-state index in [9.17, 15) is 9.59 Å². The van der Waals surface area contributed by atoms with Crippen LogP contribution in [-0.2, 0) is 4.79 Å². The van der Waals surface area contributed by atoms with Crippen LogP contribution in [0.1, 0.15) is 30.1 Å². The molecule has 6 nitrogen and oxygen atoms in total. The van der Waals surface area contributed by atoms with Crippen molar-refractivity contribution in [2.75, 3.05) is 23.8 Å². The van der Waals surface area contributed by atoms with E-state index in [0.717, 1.165) is 5.75 Å². The van der Waals surface area contributed by atoms with Gasteiger partial charge in [0, 0.05) is 23.4 Å². The minimum atomic E-state index is -0.217. The van der Waals surface area contributed by atoms with Crippen molar-refractivity contribution in [1.82, 2.24) is 0 Å². The second-order valence-corrected chi connectivity index (χ2v) is 5.43. The first kappa shape index (κ1) is 18.5. The molecule has 0 saturated heterocycles. The summed E-state index contributed by atoms with van der Waals surface area (Å²) in [7, 11) is 0. The highest BCUT2D eigenvalue weighted by atomic mass is 16.5. The van der Waals surface area contributed by atoms with Gasteiger partial charge in [-0.25, -0.2) is 0 Å². The summed E-state index contributed by atoms with van der Waals surface area (Å²) < 4.78 is 5.37. The quantitative estimate of drug-likeness (QED) is 0.688. The van der Waals surface area contributed by atoms with Crippen molar-refractivity contribution < 1.29 is 14.3 Å². The van der Waals surface area contributed by atoms with E-state index in [-0.39, 0.29) is 11.8 Å². The van der Waals surface area contributed by atoms with Crippen molar-refractivity contribution >= 4 is 23.2 Å². The molecule has 2 aromatic rings. The summed E-state index contributed by atoms with van der Waals surface area (Å²) >= 11 is 0. The molecule has 0 saturated carbocycles. The van der Waals surface area contributed by atoms with E-state index in [1.54, 1.807) is 48.5 Å². The highest BCUT2D eigenvalue weighted by Gasteiger charge is 2.07. The summed E-state index contributed by atoms with van der Waals surface area (Å²) in [5.41, 5.74) is 7.23. The van der Waals surface area contributed by atoms with Gasteiger partial charge in [-0.2, -0.15) is 0 Å². The molecule has 0 bridgehead atoms. The molecule has 0 fully saturated rings. The number of rotatable bonds is 8. The predicted molar refractivity (Wildman–Crippen MR) is 98.9 cm³/mol. The van der Waals surface area contributed by atoms with Gasteiger partial charge in [0.15, 0.2) is 0 Å². The summed E-state index contributed by atoms with van der Waals surface area (Å²) in [5, 5.41) is 5.59. The minimum Gasteiger partial charge on any atom is -0.494 e. The van der Waals surface area contributed by atoms with Crippen molar-refractivity contribution in [1.29, 1.82) is 0 Å². The van der Waals surface area contributed by atoms with Crippen LogP contribution >= 0.6 is 0 Å². The maximum Gasteiger partial charge on any atom is 0.255 e. The maximum absolute atomic E-state index is 12.3. The van der Waals surface area contributed by atoms with Gasteiger partial charge >= 0.3 is 0 Å². The molecule has 0 aliphatic carbocycles. The van der Waals surface area contributed by atoms with Crippen LogP contribution in [-0.4, -0.2) is 25.0 Å². The summed E-state index contributed by atoms with van der Waals surface area (Å²) in [4.78, 5) is 23.9. The molecule has 0 aliphatic heterocycles. The zero-order chi connectivity index (χ0) is 18.1. The predicted octanol–water partition coefficient (Wildman–Crippen LogP) is 3.02. The SMILES string of the molecule is CCOc1ccc(NC(=O)c2ccc(NC(=O)CCCN)cc2)cc1. The van der Waals surface area contributed by atoms with Gasteiger partial charge in [-0.15, -0.1) is 0 Å². The topological polar surface area (TPSA) is 93.5 Å². The molecule has 0 atom stereocenters. The average Bonchev–Trinajstić information content (AvgIpc) is 2.62. The number of nitrogens with two attached hydrogens (primary N) is 1. The van der Waals surface area contributed by atoms with Gasteiger partial charge < -0.3 is 21.1 Å². The Hall–Kier alpha value is -2.86. The van der Waals surface area contributed by atoms with Crippen molar-refractivity contribution in [3.8, 4) is 5.75 Å². The number of carbonyl (C=O) groups excluding carboxylic acids is 2. The van der Waals surface area contributed by atoms with Crippen molar-refractivity contribution in [2.24, 2.45) is 5.73 Å². The van der Waals surface area contributed by atoms with Gasteiger partial charge in [0.2, 0.25) is 5.91 Å². The average molecular weight is 341 g/mol. The second kappa shape index (κ2) is 9.44. The summed E-state index contributed by atoms with van der Waals surface area (Å²) in [6.45, 7) is 3.00. The van der Waals surface area contributed by atoms with Crippen LogP contribution in [0.25, 0.3) is 0 Å². The Kier molecular flexibility index (Phi) is 6.98. The normalized spacial score (nSPS) is 10.2.